The Kier molecular flexibility index (Phi) is 24.8. The third-order valence-corrected chi connectivity index (χ3v) is 27.3. The fourth-order valence-electron chi connectivity index (χ4n) is 20.5. The van der Waals surface area contributed by atoms with Crippen LogP contribution in [0.15, 0.2) is 11.6 Å². The molecule has 4 saturated carbocycles. The van der Waals surface area contributed by atoms with Crippen molar-refractivity contribution >= 4 is 5.97 Å². The minimum Gasteiger partial charge on any atom is -0.432 e. The summed E-state index contributed by atoms with van der Waals surface area (Å²) in [6.07, 6.45) is -49.3. The van der Waals surface area contributed by atoms with E-state index in [2.05, 4.69) is 54.5 Å². The van der Waals surface area contributed by atoms with Crippen molar-refractivity contribution in [2.75, 3.05) is 33.0 Å². The number of rotatable bonds is 18. The first-order valence-electron chi connectivity index (χ1n) is 37.5. The van der Waals surface area contributed by atoms with Crippen LogP contribution in [-0.2, 0) is 71.1 Å². The summed E-state index contributed by atoms with van der Waals surface area (Å²) in [6, 6.07) is 0. The molecule has 0 aromatic rings. The predicted octanol–water partition coefficient (Wildman–Crippen LogP) is -5.87. The lowest BCUT2D eigenvalue weighted by atomic mass is 9.33. The van der Waals surface area contributed by atoms with Gasteiger partial charge in [-0.3, -0.25) is 4.79 Å². The molecule has 5 unspecified atom stereocenters. The zero-order valence-corrected chi connectivity index (χ0v) is 61.2. The Morgan fingerprint density at radius 2 is 0.934 bits per heavy atom. The third-order valence-electron chi connectivity index (χ3n) is 27.3. The van der Waals surface area contributed by atoms with Gasteiger partial charge < -0.3 is 168 Å². The van der Waals surface area contributed by atoms with Crippen LogP contribution in [0.3, 0.4) is 0 Å². The van der Waals surface area contributed by atoms with E-state index >= 15 is 4.79 Å². The second-order valence-corrected chi connectivity index (χ2v) is 34.3. The lowest BCUT2D eigenvalue weighted by molar-refractivity contribution is -0.390. The third kappa shape index (κ3) is 14.6. The minimum atomic E-state index is -2.05. The van der Waals surface area contributed by atoms with Crippen molar-refractivity contribution in [2.24, 2.45) is 50.2 Å². The molecule has 7 saturated heterocycles. The van der Waals surface area contributed by atoms with Crippen LogP contribution in [0.25, 0.3) is 0 Å². The van der Waals surface area contributed by atoms with Gasteiger partial charge in [-0.1, -0.05) is 60.1 Å². The molecule has 7 aliphatic heterocycles. The zero-order valence-electron chi connectivity index (χ0n) is 61.2. The van der Waals surface area contributed by atoms with E-state index in [1.165, 1.54) is 19.4 Å². The van der Waals surface area contributed by atoms with Crippen LogP contribution in [0, 0.1) is 50.2 Å². The van der Waals surface area contributed by atoms with Crippen molar-refractivity contribution in [2.45, 2.75) is 341 Å². The lowest BCUT2D eigenvalue weighted by Gasteiger charge is -2.71. The molecule has 0 radical (unpaired) electrons. The normalized spacial score (nSPS) is 54.6. The summed E-state index contributed by atoms with van der Waals surface area (Å²) in [5.41, 5.74) is -1.72. The van der Waals surface area contributed by atoms with Gasteiger partial charge in [-0.05, 0) is 123 Å². The van der Waals surface area contributed by atoms with E-state index in [-0.39, 0.29) is 40.6 Å². The highest BCUT2D eigenvalue weighted by Gasteiger charge is 2.71. The Bertz CT molecular complexity index is 3000. The number of fused-ring (bicyclic) bond motifs is 7. The van der Waals surface area contributed by atoms with Crippen molar-refractivity contribution < 1.29 is 173 Å². The number of carbonyl (C=O) groups is 1. The molecule has 0 aromatic heterocycles. The molecule has 0 spiro atoms. The number of allylic oxidation sites excluding steroid dienone is 2. The molecule has 106 heavy (non-hydrogen) atoms. The second-order valence-electron chi connectivity index (χ2n) is 34.3. The van der Waals surface area contributed by atoms with Gasteiger partial charge >= 0.3 is 5.97 Å². The van der Waals surface area contributed by atoms with Crippen LogP contribution in [-0.4, -0.2) is 356 Å². The Labute approximate surface area is 613 Å². The first-order chi connectivity index (χ1) is 49.7. The summed E-state index contributed by atoms with van der Waals surface area (Å²) in [5.74, 6) is -0.769. The molecule has 0 aromatic carbocycles. The van der Waals surface area contributed by atoms with Gasteiger partial charge in [0.25, 0.3) is 0 Å². The molecule has 610 valence electrons. The molecule has 0 amide bonds. The molecule has 0 bridgehead atoms. The summed E-state index contributed by atoms with van der Waals surface area (Å²) in [5, 5.41) is 218. The highest BCUT2D eigenvalue weighted by molar-refractivity contribution is 5.79. The molecule has 5 aliphatic carbocycles. The molecular weight excluding hydrogens is 1410 g/mol. The van der Waals surface area contributed by atoms with E-state index in [1.807, 2.05) is 0 Å². The van der Waals surface area contributed by atoms with E-state index < -0.39 is 264 Å². The molecule has 11 fully saturated rings. The standard InChI is InChI=1S/C71H116O35/c1-26-38(76)43(81)48(86)59(95-26)102-54-32(22-73)98-58(51(89)46(54)84)94-25-34-42(80)45(83)50(88)62(100-34)106-65(92)71-18-16-66(3,4)20-29(71)28-10-11-36-68(7)14-13-37(67(5,6)35(68)12-15-70(36,9)69(28,8)17-19-71)101-64-57(40(78)30(75)24-93-64)105-63-53(91)56(39(77)27(2)96-63)104-61-52(90)47(85)55(33(23-74)99-61)103-60-49(87)44(82)41(79)31(21-72)97-60/h10,26-27,29-64,72-91H,11-25H2,1-9H3/t26-,27-,29?,30-,31+,32+,33+,34+,35?,36?,37-,38-,39-,40?,41+,42+,43+,44-,45-,46+,47+,48+,49+,50+,51+,52+,53+,54+,55+,56-,57-,58+,59-,60-,61-,62-,63-,64?,68-,69+,70+,71-/m1/s1. The van der Waals surface area contributed by atoms with Crippen LogP contribution in [0.4, 0.5) is 0 Å². The fourth-order valence-corrected chi connectivity index (χ4v) is 20.5. The van der Waals surface area contributed by atoms with Crippen molar-refractivity contribution in [3.63, 3.8) is 0 Å². The Hall–Kier alpha value is -2.11. The number of hydrogen-bond acceptors (Lipinski definition) is 35. The Morgan fingerprint density at radius 3 is 1.55 bits per heavy atom. The van der Waals surface area contributed by atoms with Gasteiger partial charge in [0.2, 0.25) is 6.29 Å². The molecule has 20 N–H and O–H groups in total. The van der Waals surface area contributed by atoms with Crippen molar-refractivity contribution in [3.8, 4) is 0 Å². The topological polar surface area (TPSA) is 551 Å². The summed E-state index contributed by atoms with van der Waals surface area (Å²) in [6.45, 7) is 15.0. The number of aliphatic hydroxyl groups excluding tert-OH is 20. The van der Waals surface area contributed by atoms with Crippen molar-refractivity contribution in [3.05, 3.63) is 11.6 Å². The van der Waals surface area contributed by atoms with E-state index in [0.29, 0.717) is 51.4 Å². The number of hydrogen-bond donors (Lipinski definition) is 20. The highest BCUT2D eigenvalue weighted by Crippen LogP contribution is 2.76. The van der Waals surface area contributed by atoms with Crippen LogP contribution < -0.4 is 0 Å². The summed E-state index contributed by atoms with van der Waals surface area (Å²) in [4.78, 5) is 15.4. The summed E-state index contributed by atoms with van der Waals surface area (Å²) in [7, 11) is 0. The van der Waals surface area contributed by atoms with Gasteiger partial charge in [0.1, 0.15) is 153 Å². The van der Waals surface area contributed by atoms with E-state index in [4.69, 9.17) is 66.3 Å². The van der Waals surface area contributed by atoms with Crippen molar-refractivity contribution in [1.82, 2.24) is 0 Å². The Morgan fingerprint density at radius 1 is 0.443 bits per heavy atom. The van der Waals surface area contributed by atoms with Crippen molar-refractivity contribution in [1.29, 1.82) is 0 Å². The van der Waals surface area contributed by atoms with E-state index in [0.717, 1.165) is 12.8 Å². The number of esters is 1. The second kappa shape index (κ2) is 31.6. The average molecular weight is 1530 g/mol. The molecule has 12 rings (SSSR count). The fraction of sp³-hybridized carbons (Fsp3) is 0.958. The molecule has 35 heteroatoms. The van der Waals surface area contributed by atoms with Gasteiger partial charge in [0.05, 0.1) is 56.8 Å². The lowest BCUT2D eigenvalue weighted by Crippen LogP contribution is -2.67. The smallest absolute Gasteiger partial charge is 0.315 e. The van der Waals surface area contributed by atoms with Crippen LogP contribution in [0.5, 0.6) is 0 Å². The maximum atomic E-state index is 15.4. The molecule has 12 aliphatic rings. The van der Waals surface area contributed by atoms with Crippen LogP contribution in [0.2, 0.25) is 0 Å². The molecular formula is C71H116O35. The van der Waals surface area contributed by atoms with Gasteiger partial charge in [0, 0.05) is 0 Å². The SMILES string of the molecule is C[C@H]1O[C@H](O[C@@H]2[C@@H](O)[C@H](O)[C@@H](OC[C@@H]3O[C@H](OC(=O)[C@@]45CCC(C)(C)CC4C4=CCC6[C@]7(C)CC[C@@H](OC8OC[C@@H](O)C(O)[C@H]8O[C@H]8O[C@H](C)[C@@H](O)[C@@H](O[C@H]9O[C@@H](CO)[C@H](O[C@H]%10O[C@@H](CO)[C@H](O)[C@@H](O)[C@@H]%10O)[C@@H](O)[C@@H]9O)[C@@H]8O)C(C)(C)C7CC[C@]6(C)[C@@]4(C)CC5)[C@@H](O)[C@H](O)[C@H]3O)O[C@H]2CO)[C@@H](O)[C@@H](O)[C@@H]1O. The number of aliphatic hydroxyl groups is 20. The summed E-state index contributed by atoms with van der Waals surface area (Å²) < 4.78 is 83.3. The monoisotopic (exact) mass is 1530 g/mol. The van der Waals surface area contributed by atoms with Gasteiger partial charge in [-0.25, -0.2) is 0 Å². The van der Waals surface area contributed by atoms with Gasteiger partial charge in [-0.15, -0.1) is 0 Å². The minimum absolute atomic E-state index is 0.0521. The quantitative estimate of drug-likeness (QED) is 0.0345. The van der Waals surface area contributed by atoms with E-state index in [9.17, 15) is 102 Å². The first-order valence-corrected chi connectivity index (χ1v) is 37.5. The molecule has 35 nitrogen and oxygen atoms in total. The maximum Gasteiger partial charge on any atom is 0.315 e. The van der Waals surface area contributed by atoms with Crippen LogP contribution >= 0.6 is 0 Å². The number of ether oxygens (including phenoxy) is 14. The Balaban J connectivity index is 0.701. The van der Waals surface area contributed by atoms with Gasteiger partial charge in [-0.2, -0.15) is 0 Å². The predicted molar refractivity (Wildman–Crippen MR) is 352 cm³/mol. The average Bonchev–Trinajstić information content (AvgIpc) is 0.674. The van der Waals surface area contributed by atoms with Crippen LogP contribution in [0.1, 0.15) is 127 Å². The molecule has 7 heterocycles. The largest absolute Gasteiger partial charge is 0.432 e. The van der Waals surface area contributed by atoms with E-state index in [1.54, 1.807) is 0 Å². The first kappa shape index (κ1) is 83.3. The number of carbonyl (C=O) groups excluding carboxylic acids is 1. The summed E-state index contributed by atoms with van der Waals surface area (Å²) >= 11 is 0. The highest BCUT2D eigenvalue weighted by atomic mass is 16.8. The molecule has 42 atom stereocenters. The van der Waals surface area contributed by atoms with Gasteiger partial charge in [0.15, 0.2) is 37.7 Å². The maximum absolute atomic E-state index is 15.4. The zero-order chi connectivity index (χ0) is 77.3.